The highest BCUT2D eigenvalue weighted by Gasteiger charge is 2.36. The fourth-order valence-corrected chi connectivity index (χ4v) is 2.82. The summed E-state index contributed by atoms with van der Waals surface area (Å²) in [7, 11) is 0. The minimum absolute atomic E-state index is 0.0945. The number of nitrogens with one attached hydrogen (secondary N) is 1. The van der Waals surface area contributed by atoms with Gasteiger partial charge in [-0.1, -0.05) is 22.9 Å². The van der Waals surface area contributed by atoms with E-state index in [0.29, 0.717) is 10.0 Å². The Bertz CT molecular complexity index is 518. The van der Waals surface area contributed by atoms with E-state index in [2.05, 4.69) is 28.2 Å². The molecule has 0 unspecified atom stereocenters. The van der Waals surface area contributed by atoms with Crippen molar-refractivity contribution >= 4 is 27.8 Å². The van der Waals surface area contributed by atoms with Crippen LogP contribution in [0.4, 0.5) is 0 Å². The predicted molar refractivity (Wildman–Crippen MR) is 75.4 cm³/mol. The molecule has 0 aromatic heterocycles. The summed E-state index contributed by atoms with van der Waals surface area (Å²) in [6.45, 7) is 2.06. The highest BCUT2D eigenvalue weighted by molar-refractivity contribution is 9.10. The van der Waals surface area contributed by atoms with Crippen LogP contribution in [-0.2, 0) is 0 Å². The normalized spacial score (nSPS) is 16.5. The number of benzene rings is 1. The minimum Gasteiger partial charge on any atom is -0.478 e. The molecule has 1 aliphatic carbocycles. The van der Waals surface area contributed by atoms with Gasteiger partial charge in [0.25, 0.3) is 5.91 Å². The average molecular weight is 326 g/mol. The number of carboxylic acids is 1. The van der Waals surface area contributed by atoms with Gasteiger partial charge < -0.3 is 10.4 Å². The fraction of sp³-hybridized carbons (Fsp3) is 0.429. The van der Waals surface area contributed by atoms with E-state index in [1.54, 1.807) is 6.07 Å². The SMILES string of the molecule is CCC1(NC(=O)c2cc(Br)cc(C(=O)O)c2)CCC1. The second-order valence-electron chi connectivity index (χ2n) is 4.98. The standard InChI is InChI=1S/C14H16BrNO3/c1-2-14(4-3-5-14)16-12(17)9-6-10(13(18)19)8-11(15)7-9/h6-8H,2-5H2,1H3,(H,16,17)(H,18,19). The van der Waals surface area contributed by atoms with Crippen molar-refractivity contribution in [3.63, 3.8) is 0 Å². The number of carbonyl (C=O) groups is 2. The minimum atomic E-state index is -1.04. The Kier molecular flexibility index (Phi) is 3.94. The molecule has 1 aromatic rings. The Balaban J connectivity index is 2.21. The second kappa shape index (κ2) is 5.33. The van der Waals surface area contributed by atoms with E-state index in [1.807, 2.05) is 0 Å². The van der Waals surface area contributed by atoms with Crippen molar-refractivity contribution in [1.29, 1.82) is 0 Å². The van der Waals surface area contributed by atoms with Gasteiger partial charge in [-0.3, -0.25) is 4.79 Å². The smallest absolute Gasteiger partial charge is 0.335 e. The van der Waals surface area contributed by atoms with Gasteiger partial charge in [-0.25, -0.2) is 4.79 Å². The maximum Gasteiger partial charge on any atom is 0.335 e. The maximum atomic E-state index is 12.2. The lowest BCUT2D eigenvalue weighted by molar-refractivity contribution is 0.0697. The van der Waals surface area contributed by atoms with Crippen LogP contribution in [0.15, 0.2) is 22.7 Å². The van der Waals surface area contributed by atoms with E-state index in [4.69, 9.17) is 5.11 Å². The first kappa shape index (κ1) is 14.1. The van der Waals surface area contributed by atoms with Crippen LogP contribution in [0.3, 0.4) is 0 Å². The number of carboxylic acid groups (broad SMARTS) is 1. The van der Waals surface area contributed by atoms with Gasteiger partial charge >= 0.3 is 5.97 Å². The van der Waals surface area contributed by atoms with Gasteiger partial charge in [-0.15, -0.1) is 0 Å². The first-order valence-electron chi connectivity index (χ1n) is 6.32. The summed E-state index contributed by atoms with van der Waals surface area (Å²) in [6, 6.07) is 4.53. The predicted octanol–water partition coefficient (Wildman–Crippen LogP) is 3.21. The highest BCUT2D eigenvalue weighted by atomic mass is 79.9. The molecule has 0 aliphatic heterocycles. The van der Waals surface area contributed by atoms with Gasteiger partial charge in [0.2, 0.25) is 0 Å². The molecule has 1 amide bonds. The molecular weight excluding hydrogens is 310 g/mol. The van der Waals surface area contributed by atoms with Crippen molar-refractivity contribution in [2.75, 3.05) is 0 Å². The monoisotopic (exact) mass is 325 g/mol. The van der Waals surface area contributed by atoms with E-state index in [9.17, 15) is 9.59 Å². The van der Waals surface area contributed by atoms with E-state index < -0.39 is 5.97 Å². The van der Waals surface area contributed by atoms with Gasteiger partial charge in [0.05, 0.1) is 5.56 Å². The Morgan fingerprint density at radius 2 is 1.95 bits per heavy atom. The number of halogens is 1. The van der Waals surface area contributed by atoms with E-state index >= 15 is 0 Å². The zero-order chi connectivity index (χ0) is 14.0. The molecule has 1 saturated carbocycles. The van der Waals surface area contributed by atoms with Crippen LogP contribution >= 0.6 is 15.9 Å². The number of carbonyl (C=O) groups excluding carboxylic acids is 1. The first-order valence-corrected chi connectivity index (χ1v) is 7.11. The topological polar surface area (TPSA) is 66.4 Å². The van der Waals surface area contributed by atoms with E-state index in [-0.39, 0.29) is 17.0 Å². The molecule has 1 aliphatic rings. The molecule has 5 heteroatoms. The van der Waals surface area contributed by atoms with Gasteiger partial charge in [0, 0.05) is 15.6 Å². The van der Waals surface area contributed by atoms with Crippen molar-refractivity contribution in [3.05, 3.63) is 33.8 Å². The van der Waals surface area contributed by atoms with Gasteiger partial charge in [-0.05, 0) is 43.9 Å². The van der Waals surface area contributed by atoms with Crippen LogP contribution in [0.25, 0.3) is 0 Å². The molecule has 102 valence electrons. The molecule has 2 N–H and O–H groups in total. The molecule has 0 radical (unpaired) electrons. The summed E-state index contributed by atoms with van der Waals surface area (Å²) in [5, 5.41) is 12.0. The van der Waals surface area contributed by atoms with Crippen LogP contribution in [0.2, 0.25) is 0 Å². The van der Waals surface area contributed by atoms with Crippen molar-refractivity contribution in [1.82, 2.24) is 5.32 Å². The summed E-state index contributed by atoms with van der Waals surface area (Å²) in [4.78, 5) is 23.2. The van der Waals surface area contributed by atoms with Crippen LogP contribution < -0.4 is 5.32 Å². The van der Waals surface area contributed by atoms with Crippen LogP contribution in [0.1, 0.15) is 53.3 Å². The number of rotatable bonds is 4. The molecule has 19 heavy (non-hydrogen) atoms. The molecule has 1 aromatic carbocycles. The lowest BCUT2D eigenvalue weighted by Gasteiger charge is -2.42. The Morgan fingerprint density at radius 1 is 1.32 bits per heavy atom. The number of aromatic carboxylic acids is 1. The number of amides is 1. The molecule has 2 rings (SSSR count). The molecule has 0 spiro atoms. The zero-order valence-corrected chi connectivity index (χ0v) is 12.3. The van der Waals surface area contributed by atoms with Crippen molar-refractivity contribution in [2.24, 2.45) is 0 Å². The van der Waals surface area contributed by atoms with Crippen LogP contribution in [0.5, 0.6) is 0 Å². The second-order valence-corrected chi connectivity index (χ2v) is 5.89. The summed E-state index contributed by atoms with van der Waals surface area (Å²) >= 11 is 3.23. The van der Waals surface area contributed by atoms with E-state index in [0.717, 1.165) is 25.7 Å². The summed E-state index contributed by atoms with van der Waals surface area (Å²) in [6.07, 6.45) is 4.02. The highest BCUT2D eigenvalue weighted by Crippen LogP contribution is 2.35. The third-order valence-electron chi connectivity index (χ3n) is 3.77. The lowest BCUT2D eigenvalue weighted by Crippen LogP contribution is -2.53. The molecule has 4 nitrogen and oxygen atoms in total. The fourth-order valence-electron chi connectivity index (χ4n) is 2.33. The summed E-state index contributed by atoms with van der Waals surface area (Å²) < 4.78 is 0.594. The van der Waals surface area contributed by atoms with Crippen LogP contribution in [0, 0.1) is 0 Å². The summed E-state index contributed by atoms with van der Waals surface area (Å²) in [5.74, 6) is -1.24. The maximum absolute atomic E-state index is 12.2. The van der Waals surface area contributed by atoms with Crippen molar-refractivity contribution < 1.29 is 14.7 Å². The molecule has 1 fully saturated rings. The zero-order valence-electron chi connectivity index (χ0n) is 10.7. The van der Waals surface area contributed by atoms with E-state index in [1.165, 1.54) is 12.1 Å². The summed E-state index contributed by atoms with van der Waals surface area (Å²) in [5.41, 5.74) is 0.396. The lowest BCUT2D eigenvalue weighted by atomic mass is 9.74. The van der Waals surface area contributed by atoms with Crippen molar-refractivity contribution in [3.8, 4) is 0 Å². The number of hydrogen-bond acceptors (Lipinski definition) is 2. The molecule has 0 atom stereocenters. The number of hydrogen-bond donors (Lipinski definition) is 2. The average Bonchev–Trinajstić information content (AvgIpc) is 2.32. The largest absolute Gasteiger partial charge is 0.478 e. The van der Waals surface area contributed by atoms with Gasteiger partial charge in [0.15, 0.2) is 0 Å². The third kappa shape index (κ3) is 2.97. The van der Waals surface area contributed by atoms with Gasteiger partial charge in [0.1, 0.15) is 0 Å². The Morgan fingerprint density at radius 3 is 2.42 bits per heavy atom. The third-order valence-corrected chi connectivity index (χ3v) is 4.23. The Labute approximate surface area is 120 Å². The first-order chi connectivity index (χ1) is 8.96. The molecular formula is C14H16BrNO3. The molecule has 0 saturated heterocycles. The van der Waals surface area contributed by atoms with Crippen LogP contribution in [-0.4, -0.2) is 22.5 Å². The van der Waals surface area contributed by atoms with Crippen molar-refractivity contribution in [2.45, 2.75) is 38.1 Å². The molecule has 0 heterocycles. The quantitative estimate of drug-likeness (QED) is 0.893. The molecule has 0 bridgehead atoms. The van der Waals surface area contributed by atoms with Gasteiger partial charge in [-0.2, -0.15) is 0 Å². The Hall–Kier alpha value is -1.36.